The molecule has 0 saturated heterocycles. The van der Waals surface area contributed by atoms with E-state index in [1.807, 2.05) is 0 Å². The predicted molar refractivity (Wildman–Crippen MR) is 65.5 cm³/mol. The molecule has 0 amide bonds. The van der Waals surface area contributed by atoms with Crippen LogP contribution in [0, 0.1) is 10.1 Å². The molecule has 0 aromatic heterocycles. The second-order valence-corrected chi connectivity index (χ2v) is 3.53. The molecular weight excluding hydrogens is 239 g/mol. The van der Waals surface area contributed by atoms with E-state index in [0.717, 1.165) is 0 Å². The molecule has 0 saturated carbocycles. The van der Waals surface area contributed by atoms with E-state index in [2.05, 4.69) is 5.23 Å². The van der Waals surface area contributed by atoms with E-state index < -0.39 is 16.9 Å². The molecule has 18 heavy (non-hydrogen) atoms. The highest BCUT2D eigenvalue weighted by atomic mass is 16.6. The molecule has 0 aliphatic heterocycles. The normalized spacial score (nSPS) is 11.7. The second kappa shape index (κ2) is 6.72. The fraction of sp³-hybridized carbons (Fsp3) is 0.300. The van der Waals surface area contributed by atoms with Gasteiger partial charge in [0.1, 0.15) is 5.75 Å². The lowest BCUT2D eigenvalue weighted by atomic mass is 10.2. The number of non-ortho nitro benzene ring substituents is 1. The number of hydrogen-bond acceptors (Lipinski definition) is 6. The van der Waals surface area contributed by atoms with Gasteiger partial charge in [-0.15, -0.1) is 0 Å². The van der Waals surface area contributed by atoms with E-state index in [1.54, 1.807) is 6.92 Å². The maximum Gasteiger partial charge on any atom is 0.361 e. The van der Waals surface area contributed by atoms with Gasteiger partial charge in [0.2, 0.25) is 0 Å². The Hall–Kier alpha value is -1.93. The van der Waals surface area contributed by atoms with Gasteiger partial charge in [-0.1, -0.05) is 0 Å². The smallest absolute Gasteiger partial charge is 0.361 e. The summed E-state index contributed by atoms with van der Waals surface area (Å²) in [4.78, 5) is 21.5. The van der Waals surface area contributed by atoms with Crippen LogP contribution >= 0.6 is 0 Å². The van der Waals surface area contributed by atoms with Crippen molar-refractivity contribution < 1.29 is 19.1 Å². The van der Waals surface area contributed by atoms with Gasteiger partial charge in [-0.05, 0) is 19.1 Å². The summed E-state index contributed by atoms with van der Waals surface area (Å²) >= 11 is 0. The van der Waals surface area contributed by atoms with Crippen LogP contribution in [-0.2, 0) is 9.45 Å². The third-order valence-corrected chi connectivity index (χ3v) is 2.15. The highest BCUT2D eigenvalue weighted by Gasteiger charge is 2.15. The first kappa shape index (κ1) is 14.1. The summed E-state index contributed by atoms with van der Waals surface area (Å²) in [5, 5.41) is 13.2. The summed E-state index contributed by atoms with van der Waals surface area (Å²) in [5.74, 6) is -0.224. The third kappa shape index (κ3) is 4.15. The highest BCUT2D eigenvalue weighted by molar-refractivity contribution is 6.24. The van der Waals surface area contributed by atoms with Gasteiger partial charge >= 0.3 is 13.6 Å². The lowest BCUT2D eigenvalue weighted by molar-refractivity contribution is -0.384. The summed E-state index contributed by atoms with van der Waals surface area (Å²) in [6.45, 7) is 1.63. The largest absolute Gasteiger partial charge is 0.427 e. The molecule has 0 fully saturated rings. The van der Waals surface area contributed by atoms with Crippen molar-refractivity contribution in [1.29, 1.82) is 0 Å². The fourth-order valence-corrected chi connectivity index (χ4v) is 1.13. The van der Waals surface area contributed by atoms with Crippen LogP contribution in [0.15, 0.2) is 24.3 Å². The van der Waals surface area contributed by atoms with Crippen LogP contribution in [0.5, 0.6) is 5.75 Å². The SMILES string of the molecule is COBN[C@@H](C)C(=O)Oc1ccc([N+](=O)[O-])cc1. The number of rotatable bonds is 6. The first-order valence-corrected chi connectivity index (χ1v) is 5.23. The van der Waals surface area contributed by atoms with Gasteiger partial charge in [0.15, 0.2) is 0 Å². The van der Waals surface area contributed by atoms with Gasteiger partial charge < -0.3 is 14.6 Å². The Bertz CT molecular complexity index is 423. The number of ether oxygens (including phenoxy) is 1. The highest BCUT2D eigenvalue weighted by Crippen LogP contribution is 2.17. The number of benzene rings is 1. The predicted octanol–water partition coefficient (Wildman–Crippen LogP) is 0.391. The van der Waals surface area contributed by atoms with E-state index in [9.17, 15) is 14.9 Å². The number of esters is 1. The molecule has 8 heteroatoms. The monoisotopic (exact) mass is 252 g/mol. The minimum absolute atomic E-state index is 0.0552. The molecule has 7 nitrogen and oxygen atoms in total. The molecule has 1 atom stereocenters. The molecular formula is C10H13BN2O5. The van der Waals surface area contributed by atoms with Crippen LogP contribution in [0.3, 0.4) is 0 Å². The van der Waals surface area contributed by atoms with E-state index in [0.29, 0.717) is 0 Å². The zero-order valence-corrected chi connectivity index (χ0v) is 10.1. The molecule has 0 bridgehead atoms. The van der Waals surface area contributed by atoms with Crippen molar-refractivity contribution in [2.75, 3.05) is 7.11 Å². The minimum atomic E-state index is -0.528. The molecule has 1 N–H and O–H groups in total. The Labute approximate surface area is 105 Å². The molecule has 0 aliphatic rings. The van der Waals surface area contributed by atoms with Crippen LogP contribution in [0.2, 0.25) is 0 Å². The van der Waals surface area contributed by atoms with Gasteiger partial charge in [0.25, 0.3) is 5.69 Å². The maximum absolute atomic E-state index is 11.6. The van der Waals surface area contributed by atoms with Crippen LogP contribution in [0.4, 0.5) is 5.69 Å². The number of nitrogens with zero attached hydrogens (tertiary/aromatic N) is 1. The van der Waals surface area contributed by atoms with Crippen LogP contribution in [0.1, 0.15) is 6.92 Å². The van der Waals surface area contributed by atoms with Crippen molar-refractivity contribution in [3.63, 3.8) is 0 Å². The van der Waals surface area contributed by atoms with Crippen molar-refractivity contribution in [3.8, 4) is 5.75 Å². The summed E-state index contributed by atoms with van der Waals surface area (Å²) in [6, 6.07) is 4.77. The second-order valence-electron chi connectivity index (χ2n) is 3.53. The Balaban J connectivity index is 2.56. The lowest BCUT2D eigenvalue weighted by Crippen LogP contribution is -2.39. The van der Waals surface area contributed by atoms with Crippen molar-refractivity contribution in [3.05, 3.63) is 34.4 Å². The van der Waals surface area contributed by atoms with Crippen molar-refractivity contribution in [1.82, 2.24) is 5.23 Å². The third-order valence-electron chi connectivity index (χ3n) is 2.15. The molecule has 0 radical (unpaired) electrons. The molecule has 96 valence electrons. The summed E-state index contributed by atoms with van der Waals surface area (Å²) in [7, 11) is 1.73. The quantitative estimate of drug-likeness (QED) is 0.259. The van der Waals surface area contributed by atoms with Crippen LogP contribution in [-0.4, -0.2) is 31.7 Å². The number of carbonyl (C=O) groups excluding carboxylic acids is 1. The Morgan fingerprint density at radius 3 is 2.56 bits per heavy atom. The summed E-state index contributed by atoms with van der Waals surface area (Å²) in [5.41, 5.74) is -0.0552. The average molecular weight is 252 g/mol. The topological polar surface area (TPSA) is 90.7 Å². The number of carbonyl (C=O) groups is 1. The van der Waals surface area contributed by atoms with E-state index in [1.165, 1.54) is 31.4 Å². The summed E-state index contributed by atoms with van der Waals surface area (Å²) < 4.78 is 9.79. The first-order chi connectivity index (χ1) is 8.54. The van der Waals surface area contributed by atoms with Gasteiger partial charge in [-0.3, -0.25) is 10.1 Å². The Morgan fingerprint density at radius 1 is 1.44 bits per heavy atom. The molecule has 0 aliphatic carbocycles. The fourth-order valence-electron chi connectivity index (χ4n) is 1.13. The van der Waals surface area contributed by atoms with Crippen LogP contribution in [0.25, 0.3) is 0 Å². The van der Waals surface area contributed by atoms with Gasteiger partial charge in [0, 0.05) is 19.2 Å². The van der Waals surface area contributed by atoms with Gasteiger partial charge in [-0.25, -0.2) is 4.79 Å². The van der Waals surface area contributed by atoms with E-state index in [4.69, 9.17) is 9.39 Å². The lowest BCUT2D eigenvalue weighted by Gasteiger charge is -2.11. The molecule has 0 heterocycles. The Kier molecular flexibility index (Phi) is 5.28. The zero-order valence-electron chi connectivity index (χ0n) is 10.1. The number of hydrogen-bond donors (Lipinski definition) is 1. The zero-order chi connectivity index (χ0) is 13.5. The average Bonchev–Trinajstić information content (AvgIpc) is 2.36. The van der Waals surface area contributed by atoms with Crippen molar-refractivity contribution in [2.24, 2.45) is 0 Å². The molecule has 0 spiro atoms. The molecule has 1 aromatic rings. The Morgan fingerprint density at radius 2 is 2.06 bits per heavy atom. The van der Waals surface area contributed by atoms with E-state index in [-0.39, 0.29) is 19.1 Å². The van der Waals surface area contributed by atoms with Crippen molar-refractivity contribution >= 4 is 19.3 Å². The number of nitro benzene ring substituents is 1. The molecule has 1 aromatic carbocycles. The molecule has 1 rings (SSSR count). The standard InChI is InChI=1S/C10H13BN2O5/c1-7(12-11-17-2)10(14)18-9-5-3-8(4-6-9)13(15)16/h3-7,11-12H,1-2H3/t7-/m0/s1. The minimum Gasteiger partial charge on any atom is -0.427 e. The summed E-state index contributed by atoms with van der Waals surface area (Å²) in [6.07, 6.45) is 0. The van der Waals surface area contributed by atoms with Gasteiger partial charge in [0.05, 0.1) is 11.0 Å². The molecule has 0 unspecified atom stereocenters. The van der Waals surface area contributed by atoms with E-state index >= 15 is 0 Å². The number of nitrogens with one attached hydrogen (secondary N) is 1. The number of nitro groups is 1. The van der Waals surface area contributed by atoms with Gasteiger partial charge in [-0.2, -0.15) is 0 Å². The maximum atomic E-state index is 11.6. The van der Waals surface area contributed by atoms with Crippen molar-refractivity contribution in [2.45, 2.75) is 13.0 Å². The first-order valence-electron chi connectivity index (χ1n) is 5.23. The van der Waals surface area contributed by atoms with Crippen LogP contribution < -0.4 is 9.96 Å².